The van der Waals surface area contributed by atoms with Crippen molar-refractivity contribution in [2.75, 3.05) is 13.1 Å². The van der Waals surface area contributed by atoms with Crippen molar-refractivity contribution in [3.05, 3.63) is 0 Å². The molecule has 0 radical (unpaired) electrons. The van der Waals surface area contributed by atoms with E-state index in [2.05, 4.69) is 13.8 Å². The Hall–Kier alpha value is -0.570. The first kappa shape index (κ1) is 13.5. The Kier molecular flexibility index (Phi) is 3.68. The van der Waals surface area contributed by atoms with Crippen molar-refractivity contribution in [3.63, 3.8) is 0 Å². The van der Waals surface area contributed by atoms with E-state index in [1.807, 2.05) is 25.7 Å². The fraction of sp³-hybridized carbons (Fsp3) is 0.923. The molecule has 1 atom stereocenters. The van der Waals surface area contributed by atoms with E-state index in [4.69, 9.17) is 5.73 Å². The SMILES string of the molecule is CC1(C)CCN(C(=O)[C@@H](N)C(C)(C)C)CC1. The van der Waals surface area contributed by atoms with Gasteiger partial charge < -0.3 is 10.6 Å². The minimum Gasteiger partial charge on any atom is -0.341 e. The lowest BCUT2D eigenvalue weighted by atomic mass is 9.81. The van der Waals surface area contributed by atoms with Crippen molar-refractivity contribution in [1.82, 2.24) is 4.90 Å². The number of carbonyl (C=O) groups excluding carboxylic acids is 1. The maximum absolute atomic E-state index is 12.2. The predicted octanol–water partition coefficient (Wildman–Crippen LogP) is 2.01. The molecule has 0 bridgehead atoms. The molecule has 0 saturated carbocycles. The highest BCUT2D eigenvalue weighted by Crippen LogP contribution is 2.30. The van der Waals surface area contributed by atoms with E-state index in [1.54, 1.807) is 0 Å². The zero-order chi connectivity index (χ0) is 12.6. The standard InChI is InChI=1S/C13H26N2O/c1-12(2,3)10(14)11(16)15-8-6-13(4,5)7-9-15/h10H,6-9,14H2,1-5H3/t10-/m1/s1. The molecule has 2 N–H and O–H groups in total. The highest BCUT2D eigenvalue weighted by Gasteiger charge is 2.34. The van der Waals surface area contributed by atoms with Crippen LogP contribution in [-0.4, -0.2) is 29.9 Å². The van der Waals surface area contributed by atoms with E-state index in [0.29, 0.717) is 5.41 Å². The monoisotopic (exact) mass is 226 g/mol. The summed E-state index contributed by atoms with van der Waals surface area (Å²) in [5, 5.41) is 0. The summed E-state index contributed by atoms with van der Waals surface area (Å²) >= 11 is 0. The molecule has 0 aromatic heterocycles. The second-order valence-electron chi connectivity index (χ2n) is 6.83. The molecule has 3 heteroatoms. The molecule has 1 aliphatic heterocycles. The van der Waals surface area contributed by atoms with Gasteiger partial charge in [-0.15, -0.1) is 0 Å². The number of nitrogens with two attached hydrogens (primary N) is 1. The first-order valence-electron chi connectivity index (χ1n) is 6.18. The van der Waals surface area contributed by atoms with Gasteiger partial charge in [-0.2, -0.15) is 0 Å². The molecule has 1 fully saturated rings. The number of piperidine rings is 1. The Morgan fingerprint density at radius 2 is 1.69 bits per heavy atom. The van der Waals surface area contributed by atoms with E-state index >= 15 is 0 Å². The van der Waals surface area contributed by atoms with E-state index in [9.17, 15) is 4.79 Å². The van der Waals surface area contributed by atoms with Crippen LogP contribution >= 0.6 is 0 Å². The van der Waals surface area contributed by atoms with E-state index < -0.39 is 0 Å². The van der Waals surface area contributed by atoms with Crippen LogP contribution in [0.1, 0.15) is 47.5 Å². The molecule has 0 aromatic rings. The molecule has 0 aromatic carbocycles. The summed E-state index contributed by atoms with van der Waals surface area (Å²) in [7, 11) is 0. The number of amides is 1. The van der Waals surface area contributed by atoms with E-state index in [1.165, 1.54) is 0 Å². The first-order valence-corrected chi connectivity index (χ1v) is 6.18. The van der Waals surface area contributed by atoms with Crippen LogP contribution in [0.5, 0.6) is 0 Å². The number of carbonyl (C=O) groups is 1. The zero-order valence-corrected chi connectivity index (χ0v) is 11.3. The molecule has 1 saturated heterocycles. The van der Waals surface area contributed by atoms with Crippen LogP contribution in [0.3, 0.4) is 0 Å². The van der Waals surface area contributed by atoms with Crippen LogP contribution in [-0.2, 0) is 4.79 Å². The Morgan fingerprint density at radius 3 is 2.06 bits per heavy atom. The molecule has 1 aliphatic rings. The number of nitrogens with zero attached hydrogens (tertiary/aromatic N) is 1. The predicted molar refractivity (Wildman–Crippen MR) is 67.0 cm³/mol. The van der Waals surface area contributed by atoms with Crippen molar-refractivity contribution in [2.45, 2.75) is 53.5 Å². The number of hydrogen-bond acceptors (Lipinski definition) is 2. The van der Waals surface area contributed by atoms with Crippen molar-refractivity contribution in [1.29, 1.82) is 0 Å². The van der Waals surface area contributed by atoms with Crippen molar-refractivity contribution >= 4 is 5.91 Å². The van der Waals surface area contributed by atoms with Gasteiger partial charge in [0.25, 0.3) is 0 Å². The second kappa shape index (κ2) is 4.36. The smallest absolute Gasteiger partial charge is 0.240 e. The van der Waals surface area contributed by atoms with Crippen LogP contribution in [0.2, 0.25) is 0 Å². The van der Waals surface area contributed by atoms with Gasteiger partial charge >= 0.3 is 0 Å². The first-order chi connectivity index (χ1) is 7.13. The van der Waals surface area contributed by atoms with Crippen LogP contribution in [0, 0.1) is 10.8 Å². The third kappa shape index (κ3) is 3.21. The lowest BCUT2D eigenvalue weighted by Crippen LogP contribution is -2.53. The summed E-state index contributed by atoms with van der Waals surface area (Å²) in [6, 6.07) is -0.381. The molecule has 1 amide bonds. The molecular weight excluding hydrogens is 200 g/mol. The van der Waals surface area contributed by atoms with Crippen LogP contribution < -0.4 is 5.73 Å². The second-order valence-corrected chi connectivity index (χ2v) is 6.83. The van der Waals surface area contributed by atoms with E-state index in [0.717, 1.165) is 25.9 Å². The summed E-state index contributed by atoms with van der Waals surface area (Å²) in [6.07, 6.45) is 2.16. The average Bonchev–Trinajstić information content (AvgIpc) is 2.14. The lowest BCUT2D eigenvalue weighted by molar-refractivity contribution is -0.137. The largest absolute Gasteiger partial charge is 0.341 e. The Bertz CT molecular complexity index is 256. The molecule has 0 aliphatic carbocycles. The molecule has 0 unspecified atom stereocenters. The molecule has 3 nitrogen and oxygen atoms in total. The number of hydrogen-bond donors (Lipinski definition) is 1. The maximum Gasteiger partial charge on any atom is 0.240 e. The summed E-state index contributed by atoms with van der Waals surface area (Å²) in [5.41, 5.74) is 6.23. The number of likely N-dealkylation sites (tertiary alicyclic amines) is 1. The average molecular weight is 226 g/mol. The maximum atomic E-state index is 12.2. The summed E-state index contributed by atoms with van der Waals surface area (Å²) in [5.74, 6) is 0.114. The lowest BCUT2D eigenvalue weighted by Gasteiger charge is -2.39. The molecule has 16 heavy (non-hydrogen) atoms. The van der Waals surface area contributed by atoms with Gasteiger partial charge in [0.05, 0.1) is 6.04 Å². The molecule has 0 spiro atoms. The van der Waals surface area contributed by atoms with Gasteiger partial charge in [0.1, 0.15) is 0 Å². The van der Waals surface area contributed by atoms with Crippen LogP contribution in [0.25, 0.3) is 0 Å². The molecule has 1 rings (SSSR count). The quantitative estimate of drug-likeness (QED) is 0.743. The van der Waals surface area contributed by atoms with E-state index in [-0.39, 0.29) is 17.4 Å². The third-order valence-electron chi connectivity index (χ3n) is 3.63. The van der Waals surface area contributed by atoms with Gasteiger partial charge in [0.2, 0.25) is 5.91 Å². The summed E-state index contributed by atoms with van der Waals surface area (Å²) in [6.45, 7) is 12.3. The van der Waals surface area contributed by atoms with Gasteiger partial charge in [-0.25, -0.2) is 0 Å². The van der Waals surface area contributed by atoms with Crippen molar-refractivity contribution < 1.29 is 4.79 Å². The molecule has 94 valence electrons. The summed E-state index contributed by atoms with van der Waals surface area (Å²) in [4.78, 5) is 14.1. The van der Waals surface area contributed by atoms with Crippen molar-refractivity contribution in [3.8, 4) is 0 Å². The normalized spacial score (nSPS) is 23.0. The van der Waals surface area contributed by atoms with Crippen LogP contribution in [0.15, 0.2) is 0 Å². The Morgan fingerprint density at radius 1 is 1.25 bits per heavy atom. The topological polar surface area (TPSA) is 46.3 Å². The summed E-state index contributed by atoms with van der Waals surface area (Å²) < 4.78 is 0. The van der Waals surface area contributed by atoms with Gasteiger partial charge in [-0.1, -0.05) is 34.6 Å². The minimum atomic E-state index is -0.381. The van der Waals surface area contributed by atoms with Gasteiger partial charge in [-0.05, 0) is 23.7 Å². The molecular formula is C13H26N2O. The zero-order valence-electron chi connectivity index (χ0n) is 11.3. The Labute approximate surface area is 99.4 Å². The highest BCUT2D eigenvalue weighted by molar-refractivity contribution is 5.82. The van der Waals surface area contributed by atoms with Crippen molar-refractivity contribution in [2.24, 2.45) is 16.6 Å². The minimum absolute atomic E-state index is 0.114. The third-order valence-corrected chi connectivity index (χ3v) is 3.63. The number of rotatable bonds is 1. The fourth-order valence-electron chi connectivity index (χ4n) is 1.90. The van der Waals surface area contributed by atoms with Crippen LogP contribution in [0.4, 0.5) is 0 Å². The van der Waals surface area contributed by atoms with Gasteiger partial charge in [0.15, 0.2) is 0 Å². The van der Waals surface area contributed by atoms with Gasteiger partial charge in [0, 0.05) is 13.1 Å². The highest BCUT2D eigenvalue weighted by atomic mass is 16.2. The fourth-order valence-corrected chi connectivity index (χ4v) is 1.90. The van der Waals surface area contributed by atoms with Gasteiger partial charge in [-0.3, -0.25) is 4.79 Å². The molecule has 1 heterocycles. The Balaban J connectivity index is 2.58.